The Bertz CT molecular complexity index is 357. The van der Waals surface area contributed by atoms with Crippen molar-refractivity contribution in [2.45, 2.75) is 6.42 Å². The first-order valence-electron chi connectivity index (χ1n) is 4.72. The zero-order valence-corrected chi connectivity index (χ0v) is 7.86. The van der Waals surface area contributed by atoms with Gasteiger partial charge in [-0.25, -0.2) is 0 Å². The molecule has 1 saturated heterocycles. The van der Waals surface area contributed by atoms with Crippen molar-refractivity contribution < 1.29 is 4.79 Å². The summed E-state index contributed by atoms with van der Waals surface area (Å²) in [6, 6.07) is 5.68. The molecule has 0 aromatic carbocycles. The number of nitrogens with zero attached hydrogens (tertiary/aromatic N) is 1. The van der Waals surface area contributed by atoms with Gasteiger partial charge in [-0.3, -0.25) is 9.78 Å². The third-order valence-electron chi connectivity index (χ3n) is 2.21. The molecule has 2 heterocycles. The first kappa shape index (κ1) is 9.09. The summed E-state index contributed by atoms with van der Waals surface area (Å²) in [4.78, 5) is 15.6. The van der Waals surface area contributed by atoms with Gasteiger partial charge < -0.3 is 5.32 Å². The van der Waals surface area contributed by atoms with Crippen LogP contribution in [0.4, 0.5) is 0 Å². The van der Waals surface area contributed by atoms with Gasteiger partial charge in [-0.1, -0.05) is 6.07 Å². The van der Waals surface area contributed by atoms with Crippen LogP contribution in [0.25, 0.3) is 6.08 Å². The monoisotopic (exact) mass is 188 g/mol. The highest BCUT2D eigenvalue weighted by Crippen LogP contribution is 2.08. The second kappa shape index (κ2) is 4.15. The van der Waals surface area contributed by atoms with Crippen molar-refractivity contribution >= 4 is 11.9 Å². The minimum Gasteiger partial charge on any atom is -0.312 e. The molecule has 3 nitrogen and oxygen atoms in total. The van der Waals surface area contributed by atoms with E-state index in [-0.39, 0.29) is 5.78 Å². The summed E-state index contributed by atoms with van der Waals surface area (Å²) >= 11 is 0. The molecule has 1 fully saturated rings. The van der Waals surface area contributed by atoms with E-state index < -0.39 is 0 Å². The predicted molar refractivity (Wildman–Crippen MR) is 54.7 cm³/mol. The van der Waals surface area contributed by atoms with Crippen molar-refractivity contribution in [1.82, 2.24) is 10.3 Å². The molecule has 1 aliphatic heterocycles. The van der Waals surface area contributed by atoms with Crippen molar-refractivity contribution in [2.75, 3.05) is 13.1 Å². The molecule has 0 unspecified atom stereocenters. The molecule has 0 saturated carbocycles. The van der Waals surface area contributed by atoms with Crippen molar-refractivity contribution in [3.63, 3.8) is 0 Å². The van der Waals surface area contributed by atoms with Gasteiger partial charge >= 0.3 is 0 Å². The summed E-state index contributed by atoms with van der Waals surface area (Å²) in [6.07, 6.45) is 4.18. The fourth-order valence-corrected chi connectivity index (χ4v) is 1.46. The molecule has 0 radical (unpaired) electrons. The van der Waals surface area contributed by atoms with Crippen LogP contribution in [0.3, 0.4) is 0 Å². The zero-order valence-electron chi connectivity index (χ0n) is 7.86. The third kappa shape index (κ3) is 2.06. The Morgan fingerprint density at radius 3 is 3.07 bits per heavy atom. The van der Waals surface area contributed by atoms with Crippen LogP contribution in [0.15, 0.2) is 30.0 Å². The lowest BCUT2D eigenvalue weighted by Gasteiger charge is -2.13. The number of aromatic nitrogens is 1. The molecule has 0 aliphatic carbocycles. The molecule has 0 atom stereocenters. The van der Waals surface area contributed by atoms with Gasteiger partial charge in [0.15, 0.2) is 5.78 Å². The number of ketones is 1. The Morgan fingerprint density at radius 2 is 2.36 bits per heavy atom. The van der Waals surface area contributed by atoms with Crippen LogP contribution >= 0.6 is 0 Å². The van der Waals surface area contributed by atoms with Gasteiger partial charge in [0.05, 0.1) is 5.69 Å². The minimum absolute atomic E-state index is 0.231. The highest BCUT2D eigenvalue weighted by atomic mass is 16.1. The summed E-state index contributed by atoms with van der Waals surface area (Å²) in [5.41, 5.74) is 1.68. The van der Waals surface area contributed by atoms with Crippen molar-refractivity contribution in [2.24, 2.45) is 0 Å². The van der Waals surface area contributed by atoms with Gasteiger partial charge in [0.25, 0.3) is 0 Å². The topological polar surface area (TPSA) is 42.0 Å². The SMILES string of the molecule is O=C1CCNCC1=Cc1ccccn1. The van der Waals surface area contributed by atoms with E-state index in [0.717, 1.165) is 17.8 Å². The Labute approximate surface area is 82.9 Å². The lowest BCUT2D eigenvalue weighted by molar-refractivity contribution is -0.116. The lowest BCUT2D eigenvalue weighted by Crippen LogP contribution is -2.30. The Kier molecular flexibility index (Phi) is 2.70. The highest BCUT2D eigenvalue weighted by molar-refractivity contribution is 6.00. The molecule has 1 aliphatic rings. The maximum Gasteiger partial charge on any atom is 0.161 e. The average Bonchev–Trinajstić information content (AvgIpc) is 2.23. The van der Waals surface area contributed by atoms with Gasteiger partial charge in [0, 0.05) is 31.3 Å². The number of rotatable bonds is 1. The summed E-state index contributed by atoms with van der Waals surface area (Å²) in [6.45, 7) is 1.45. The summed E-state index contributed by atoms with van der Waals surface area (Å²) in [5, 5.41) is 3.17. The lowest BCUT2D eigenvalue weighted by atomic mass is 10.0. The quantitative estimate of drug-likeness (QED) is 0.669. The fourth-order valence-electron chi connectivity index (χ4n) is 1.46. The van der Waals surface area contributed by atoms with Crippen LogP contribution in [-0.2, 0) is 4.79 Å². The van der Waals surface area contributed by atoms with Crippen LogP contribution < -0.4 is 5.32 Å². The van der Waals surface area contributed by atoms with E-state index in [4.69, 9.17) is 0 Å². The van der Waals surface area contributed by atoms with Crippen LogP contribution in [-0.4, -0.2) is 23.9 Å². The number of carbonyl (C=O) groups is 1. The first-order chi connectivity index (χ1) is 6.86. The normalized spacial score (nSPS) is 20.0. The fraction of sp³-hybridized carbons (Fsp3) is 0.273. The number of hydrogen-bond acceptors (Lipinski definition) is 3. The van der Waals surface area contributed by atoms with E-state index in [9.17, 15) is 4.79 Å². The standard InChI is InChI=1S/C11H12N2O/c14-11-4-6-12-8-9(11)7-10-3-1-2-5-13-10/h1-3,5,7,12H,4,6,8H2. The summed E-state index contributed by atoms with van der Waals surface area (Å²) in [7, 11) is 0. The van der Waals surface area contributed by atoms with Crippen molar-refractivity contribution in [3.8, 4) is 0 Å². The minimum atomic E-state index is 0.231. The van der Waals surface area contributed by atoms with Crippen LogP contribution in [0.5, 0.6) is 0 Å². The number of piperidine rings is 1. The molecule has 1 aromatic rings. The second-order valence-electron chi connectivity index (χ2n) is 3.27. The highest BCUT2D eigenvalue weighted by Gasteiger charge is 2.13. The van der Waals surface area contributed by atoms with Crippen molar-refractivity contribution in [3.05, 3.63) is 35.7 Å². The molecule has 1 aromatic heterocycles. The molecule has 14 heavy (non-hydrogen) atoms. The summed E-state index contributed by atoms with van der Waals surface area (Å²) in [5.74, 6) is 0.231. The molecule has 0 amide bonds. The molecule has 0 spiro atoms. The largest absolute Gasteiger partial charge is 0.312 e. The Balaban J connectivity index is 2.21. The third-order valence-corrected chi connectivity index (χ3v) is 2.21. The average molecular weight is 188 g/mol. The predicted octanol–water partition coefficient (Wildman–Crippen LogP) is 1.03. The molecule has 3 heteroatoms. The van der Waals surface area contributed by atoms with E-state index in [1.165, 1.54) is 0 Å². The van der Waals surface area contributed by atoms with Crippen LogP contribution in [0.1, 0.15) is 12.1 Å². The zero-order chi connectivity index (χ0) is 9.80. The van der Waals surface area contributed by atoms with E-state index in [1.54, 1.807) is 6.20 Å². The number of carbonyl (C=O) groups excluding carboxylic acids is 1. The molecule has 0 bridgehead atoms. The molecule has 2 rings (SSSR count). The van der Waals surface area contributed by atoms with Crippen LogP contribution in [0.2, 0.25) is 0 Å². The van der Waals surface area contributed by atoms with E-state index in [0.29, 0.717) is 13.0 Å². The van der Waals surface area contributed by atoms with Crippen LogP contribution in [0, 0.1) is 0 Å². The number of Topliss-reactive ketones (excluding diaryl/α,β-unsaturated/α-hetero) is 1. The Morgan fingerprint density at radius 1 is 1.43 bits per heavy atom. The molecular weight excluding hydrogens is 176 g/mol. The number of nitrogens with one attached hydrogen (secondary N) is 1. The van der Waals surface area contributed by atoms with Gasteiger partial charge in [-0.05, 0) is 18.2 Å². The first-order valence-corrected chi connectivity index (χ1v) is 4.72. The Hall–Kier alpha value is -1.48. The molecule has 1 N–H and O–H groups in total. The molecule has 72 valence electrons. The number of hydrogen-bond donors (Lipinski definition) is 1. The summed E-state index contributed by atoms with van der Waals surface area (Å²) < 4.78 is 0. The van der Waals surface area contributed by atoms with Crippen molar-refractivity contribution in [1.29, 1.82) is 0 Å². The van der Waals surface area contributed by atoms with E-state index in [1.807, 2.05) is 24.3 Å². The number of pyridine rings is 1. The van der Waals surface area contributed by atoms with Gasteiger partial charge in [0.2, 0.25) is 0 Å². The van der Waals surface area contributed by atoms with Gasteiger partial charge in [-0.2, -0.15) is 0 Å². The second-order valence-corrected chi connectivity index (χ2v) is 3.27. The van der Waals surface area contributed by atoms with E-state index >= 15 is 0 Å². The van der Waals surface area contributed by atoms with E-state index in [2.05, 4.69) is 10.3 Å². The molecular formula is C11H12N2O. The van der Waals surface area contributed by atoms with Gasteiger partial charge in [-0.15, -0.1) is 0 Å². The maximum absolute atomic E-state index is 11.5. The maximum atomic E-state index is 11.5. The smallest absolute Gasteiger partial charge is 0.161 e. The van der Waals surface area contributed by atoms with Gasteiger partial charge in [0.1, 0.15) is 0 Å².